The number of nitrogen functional groups attached to an aromatic ring is 1. The molecule has 7 N–H and O–H groups in total. The number of aryl methyl sites for hydroxylation is 5. The van der Waals surface area contributed by atoms with Gasteiger partial charge < -0.3 is 31.7 Å². The van der Waals surface area contributed by atoms with Crippen molar-refractivity contribution < 1.29 is 17.9 Å². The molecule has 0 aliphatic heterocycles. The molecule has 9 rings (SSSR count). The summed E-state index contributed by atoms with van der Waals surface area (Å²) in [6.07, 6.45) is 11.7. The monoisotopic (exact) mass is 1040 g/mol. The Labute approximate surface area is 429 Å². The Bertz CT molecular complexity index is 3430. The number of nitrogens with two attached hydrogens (primary N) is 1. The van der Waals surface area contributed by atoms with Gasteiger partial charge in [0.2, 0.25) is 33.8 Å². The molecule has 0 unspecified atom stereocenters. The Kier molecular flexibility index (Phi) is 17.2. The van der Waals surface area contributed by atoms with Crippen molar-refractivity contribution in [2.24, 2.45) is 0 Å². The summed E-state index contributed by atoms with van der Waals surface area (Å²) in [5.74, 6) is 1.30. The van der Waals surface area contributed by atoms with E-state index >= 15 is 0 Å². The number of thiazole rings is 3. The highest BCUT2D eigenvalue weighted by molar-refractivity contribution is 7.92. The molecule has 72 heavy (non-hydrogen) atoms. The van der Waals surface area contributed by atoms with Crippen molar-refractivity contribution in [1.29, 1.82) is 0 Å². The molecule has 0 saturated carbocycles. The second-order valence-corrected chi connectivity index (χ2v) is 21.6. The first-order valence-corrected chi connectivity index (χ1v) is 26.2. The number of benzene rings is 3. The third-order valence-corrected chi connectivity index (χ3v) is 12.8. The van der Waals surface area contributed by atoms with Crippen LogP contribution in [-0.2, 0) is 26.2 Å². The van der Waals surface area contributed by atoms with E-state index < -0.39 is 10.0 Å². The Morgan fingerprint density at radius 1 is 0.569 bits per heavy atom. The summed E-state index contributed by atoms with van der Waals surface area (Å²) < 4.78 is 30.5. The zero-order valence-electron chi connectivity index (χ0n) is 40.5. The van der Waals surface area contributed by atoms with Crippen LogP contribution in [0.1, 0.15) is 38.2 Å². The van der Waals surface area contributed by atoms with E-state index in [1.165, 1.54) is 6.92 Å². The lowest BCUT2D eigenvalue weighted by Crippen LogP contribution is -2.10. The minimum absolute atomic E-state index is 0.107. The third-order valence-electron chi connectivity index (χ3n) is 9.36. The van der Waals surface area contributed by atoms with E-state index in [2.05, 4.69) is 70.8 Å². The summed E-state index contributed by atoms with van der Waals surface area (Å²) in [4.78, 5) is 53.9. The van der Waals surface area contributed by atoms with Crippen LogP contribution >= 0.6 is 34.0 Å². The number of ether oxygens (including phenoxy) is 1. The molecule has 0 bridgehead atoms. The number of nitrogens with one attached hydrogen (secondary N) is 5. The molecular formula is C49H51N15O4S4. The van der Waals surface area contributed by atoms with Gasteiger partial charge in [0, 0.05) is 94.3 Å². The molecule has 9 aromatic rings. The van der Waals surface area contributed by atoms with Crippen LogP contribution in [0.2, 0.25) is 0 Å². The van der Waals surface area contributed by atoms with Crippen LogP contribution in [-0.4, -0.2) is 72.5 Å². The Morgan fingerprint density at radius 3 is 1.36 bits per heavy atom. The van der Waals surface area contributed by atoms with Crippen molar-refractivity contribution in [3.8, 4) is 32.1 Å². The third kappa shape index (κ3) is 15.8. The summed E-state index contributed by atoms with van der Waals surface area (Å²) in [6, 6.07) is 22.2. The number of rotatable bonds is 14. The molecule has 0 aliphatic carbocycles. The fourth-order valence-electron chi connectivity index (χ4n) is 6.72. The normalized spacial score (nSPS) is 10.8. The predicted molar refractivity (Wildman–Crippen MR) is 290 cm³/mol. The van der Waals surface area contributed by atoms with E-state index in [-0.39, 0.29) is 5.91 Å². The SMILES string of the molecule is CC(=O)Nc1cc(C)cc(Nc2nccc(-c3ncc(C)s3)n2)c1.COCc1cc(N)cc(Nc2nccc(-c3ncc(C)s3)n2)c1.Cc1cc(Nc2nccc(-c3ncc(C)s3)n2)cc(NS(C)(=O)=O)c1. The van der Waals surface area contributed by atoms with Gasteiger partial charge in [-0.15, -0.1) is 34.0 Å². The second-order valence-electron chi connectivity index (χ2n) is 16.1. The summed E-state index contributed by atoms with van der Waals surface area (Å²) in [7, 11) is -1.69. The van der Waals surface area contributed by atoms with Crippen molar-refractivity contribution >= 4 is 102 Å². The number of aromatic nitrogens is 9. The van der Waals surface area contributed by atoms with Crippen LogP contribution < -0.4 is 31.7 Å². The van der Waals surface area contributed by atoms with Gasteiger partial charge in [0.1, 0.15) is 32.1 Å². The second kappa shape index (κ2) is 23.9. The fraction of sp³-hybridized carbons (Fsp3) is 0.184. The van der Waals surface area contributed by atoms with Gasteiger partial charge in [0.15, 0.2) is 0 Å². The number of hydrogen-bond acceptors (Lipinski definition) is 20. The van der Waals surface area contributed by atoms with Gasteiger partial charge in [0.05, 0.1) is 18.6 Å². The maximum Gasteiger partial charge on any atom is 0.229 e. The smallest absolute Gasteiger partial charge is 0.229 e. The highest BCUT2D eigenvalue weighted by atomic mass is 32.2. The topological polar surface area (TPSA) is 263 Å². The zero-order chi connectivity index (χ0) is 51.4. The summed E-state index contributed by atoms with van der Waals surface area (Å²) in [6.45, 7) is 11.9. The average molecular weight is 1040 g/mol. The highest BCUT2D eigenvalue weighted by Crippen LogP contribution is 2.29. The molecule has 0 spiro atoms. The van der Waals surface area contributed by atoms with E-state index in [4.69, 9.17) is 10.5 Å². The van der Waals surface area contributed by atoms with Crippen LogP contribution in [0.4, 0.5) is 52.0 Å². The average Bonchev–Trinajstić information content (AvgIpc) is 4.07. The number of nitrogens with zero attached hydrogens (tertiary/aromatic N) is 9. The molecule has 0 aliphatic rings. The number of sulfonamides is 1. The van der Waals surface area contributed by atoms with Gasteiger partial charge in [0.25, 0.3) is 0 Å². The van der Waals surface area contributed by atoms with E-state index in [9.17, 15) is 13.2 Å². The quantitative estimate of drug-likeness (QED) is 0.0553. The largest absolute Gasteiger partial charge is 0.399 e. The lowest BCUT2D eigenvalue weighted by molar-refractivity contribution is -0.114. The van der Waals surface area contributed by atoms with Crippen molar-refractivity contribution in [3.63, 3.8) is 0 Å². The van der Waals surface area contributed by atoms with E-state index in [0.29, 0.717) is 41.5 Å². The van der Waals surface area contributed by atoms with E-state index in [1.807, 2.05) is 102 Å². The standard InChI is InChI=1S/C17H17N5OS.C16H17N5O2S2.C16H17N5OS/c1-10-6-13(20-12(3)23)8-14(7-10)21-17-18-5-4-15(22-17)16-19-9-11(2)24-16;1-10-6-12(8-13(7-10)21-25(3,22)23)19-16-17-5-4-14(20-16)15-18-9-11(2)24-15;1-10-8-19-15(23-10)14-3-4-18-16(21-14)20-13-6-11(9-22-2)5-12(17)7-13/h4-9H,1-3H3,(H,20,23)(H,18,21,22);4-9,21H,1-3H3,(H,17,19,20);3-8H,9,17H2,1-2H3,(H,18,20,21). The number of amides is 1. The van der Waals surface area contributed by atoms with Gasteiger partial charge >= 0.3 is 0 Å². The molecule has 19 nitrogen and oxygen atoms in total. The van der Waals surface area contributed by atoms with Gasteiger partial charge in [-0.05, 0) is 124 Å². The molecule has 370 valence electrons. The van der Waals surface area contributed by atoms with Crippen LogP contribution in [0.25, 0.3) is 32.1 Å². The summed E-state index contributed by atoms with van der Waals surface area (Å²) >= 11 is 4.75. The van der Waals surface area contributed by atoms with Gasteiger partial charge in [-0.2, -0.15) is 0 Å². The first-order chi connectivity index (χ1) is 34.4. The zero-order valence-corrected chi connectivity index (χ0v) is 43.7. The van der Waals surface area contributed by atoms with Crippen LogP contribution in [0, 0.1) is 34.6 Å². The fourth-order valence-corrected chi connectivity index (χ4v) is 9.47. The Morgan fingerprint density at radius 2 is 0.972 bits per heavy atom. The maximum atomic E-state index is 11.4. The molecule has 0 saturated heterocycles. The van der Waals surface area contributed by atoms with Crippen molar-refractivity contribution in [3.05, 3.63) is 141 Å². The number of anilines is 9. The molecule has 0 fully saturated rings. The molecular weight excluding hydrogens is 991 g/mol. The van der Waals surface area contributed by atoms with Crippen molar-refractivity contribution in [1.82, 2.24) is 44.9 Å². The number of methoxy groups -OCH3 is 1. The van der Waals surface area contributed by atoms with Crippen LogP contribution in [0.3, 0.4) is 0 Å². The molecule has 1 amide bonds. The number of carbonyl (C=O) groups is 1. The van der Waals surface area contributed by atoms with E-state index in [1.54, 1.807) is 84.1 Å². The summed E-state index contributed by atoms with van der Waals surface area (Å²) in [5, 5.41) is 14.8. The molecule has 0 radical (unpaired) electrons. The minimum Gasteiger partial charge on any atom is -0.399 e. The van der Waals surface area contributed by atoms with Crippen molar-refractivity contribution in [2.45, 2.75) is 48.1 Å². The lowest BCUT2D eigenvalue weighted by Gasteiger charge is -2.10. The first kappa shape index (κ1) is 52.0. The van der Waals surface area contributed by atoms with Gasteiger partial charge in [-0.25, -0.2) is 53.3 Å². The lowest BCUT2D eigenvalue weighted by atomic mass is 10.2. The predicted octanol–water partition coefficient (Wildman–Crippen LogP) is 10.6. The molecule has 6 aromatic heterocycles. The van der Waals surface area contributed by atoms with Gasteiger partial charge in [-0.1, -0.05) is 0 Å². The first-order valence-electron chi connectivity index (χ1n) is 21.9. The van der Waals surface area contributed by atoms with E-state index in [0.717, 1.165) is 86.7 Å². The number of hydrogen-bond donors (Lipinski definition) is 6. The van der Waals surface area contributed by atoms with Gasteiger partial charge in [-0.3, -0.25) is 9.52 Å². The minimum atomic E-state index is -3.34. The molecule has 3 aromatic carbocycles. The molecule has 23 heteroatoms. The Hall–Kier alpha value is -7.83. The highest BCUT2D eigenvalue weighted by Gasteiger charge is 2.12. The van der Waals surface area contributed by atoms with Crippen LogP contribution in [0.5, 0.6) is 0 Å². The van der Waals surface area contributed by atoms with Crippen molar-refractivity contribution in [2.75, 3.05) is 45.1 Å². The maximum absolute atomic E-state index is 11.4. The molecule has 6 heterocycles. The Balaban J connectivity index is 0.000000159. The number of carbonyl (C=O) groups excluding carboxylic acids is 1. The molecule has 0 atom stereocenters. The summed E-state index contributed by atoms with van der Waals surface area (Å²) in [5.41, 5.74) is 15.3. The van der Waals surface area contributed by atoms with Crippen LogP contribution in [0.15, 0.2) is 110 Å².